The Morgan fingerprint density at radius 2 is 1.90 bits per heavy atom. The van der Waals surface area contributed by atoms with Gasteiger partial charge in [0.15, 0.2) is 0 Å². The Hall–Kier alpha value is -0.290. The summed E-state index contributed by atoms with van der Waals surface area (Å²) >= 11 is 2.13. The molecule has 4 N–H and O–H groups in total. The molecule has 0 saturated carbocycles. The van der Waals surface area contributed by atoms with E-state index >= 15 is 0 Å². The lowest BCUT2D eigenvalue weighted by atomic mass is 10.2. The van der Waals surface area contributed by atoms with Gasteiger partial charge in [0, 0.05) is 11.3 Å². The molecule has 0 aliphatic carbocycles. The number of para-hydroxylation sites is 1. The van der Waals surface area contributed by atoms with Crippen LogP contribution >= 0.6 is 22.6 Å². The van der Waals surface area contributed by atoms with Gasteiger partial charge in [-0.1, -0.05) is 40.8 Å². The highest BCUT2D eigenvalue weighted by Gasteiger charge is 2.02. The number of anilines is 1. The molecule has 0 saturated heterocycles. The Kier molecular flexibility index (Phi) is 2.50. The van der Waals surface area contributed by atoms with E-state index in [4.69, 9.17) is 11.5 Å². The van der Waals surface area contributed by atoms with Crippen molar-refractivity contribution in [3.8, 4) is 0 Å². The van der Waals surface area contributed by atoms with E-state index in [0.29, 0.717) is 0 Å². The largest absolute Gasteiger partial charge is 0.398 e. The van der Waals surface area contributed by atoms with E-state index in [-0.39, 0.29) is 4.05 Å². The van der Waals surface area contributed by atoms with Crippen LogP contribution < -0.4 is 11.5 Å². The highest BCUT2D eigenvalue weighted by molar-refractivity contribution is 14.1. The number of rotatable bonds is 1. The fourth-order valence-electron chi connectivity index (χ4n) is 0.762. The quantitative estimate of drug-likeness (QED) is 0.343. The van der Waals surface area contributed by atoms with Gasteiger partial charge >= 0.3 is 0 Å². The van der Waals surface area contributed by atoms with Crippen LogP contribution in [0.3, 0.4) is 0 Å². The lowest BCUT2D eigenvalue weighted by Gasteiger charge is -2.05. The molecule has 1 rings (SSSR count). The van der Waals surface area contributed by atoms with E-state index < -0.39 is 0 Å². The van der Waals surface area contributed by atoms with Crippen LogP contribution in [0.1, 0.15) is 9.61 Å². The number of hydrogen-bond donors (Lipinski definition) is 2. The predicted molar refractivity (Wildman–Crippen MR) is 51.8 cm³/mol. The lowest BCUT2D eigenvalue weighted by Crippen LogP contribution is -2.04. The molecule has 0 radical (unpaired) electrons. The monoisotopic (exact) mass is 248 g/mol. The van der Waals surface area contributed by atoms with E-state index in [1.54, 1.807) is 0 Å². The zero-order valence-electron chi connectivity index (χ0n) is 5.42. The van der Waals surface area contributed by atoms with Gasteiger partial charge in [0.25, 0.3) is 0 Å². The van der Waals surface area contributed by atoms with Crippen molar-refractivity contribution in [1.82, 2.24) is 0 Å². The van der Waals surface area contributed by atoms with Crippen molar-refractivity contribution < 1.29 is 0 Å². The predicted octanol–water partition coefficient (Wildman–Crippen LogP) is 1.66. The van der Waals surface area contributed by atoms with Crippen molar-refractivity contribution in [1.29, 1.82) is 0 Å². The maximum Gasteiger partial charge on any atom is 0.0844 e. The minimum atomic E-state index is -0.00111. The number of benzene rings is 1. The number of nitrogens with two attached hydrogens (primary N) is 2. The molecule has 3 heteroatoms. The van der Waals surface area contributed by atoms with Crippen molar-refractivity contribution in [2.45, 2.75) is 4.05 Å². The first-order valence-corrected chi connectivity index (χ1v) is 4.20. The molecule has 0 spiro atoms. The summed E-state index contributed by atoms with van der Waals surface area (Å²) in [5.41, 5.74) is 13.0. The van der Waals surface area contributed by atoms with Crippen LogP contribution in [0.2, 0.25) is 0 Å². The molecule has 1 atom stereocenters. The van der Waals surface area contributed by atoms with Gasteiger partial charge < -0.3 is 11.5 Å². The Balaban J connectivity index is 3.03. The summed E-state index contributed by atoms with van der Waals surface area (Å²) in [6.45, 7) is 0. The third-order valence-corrected chi connectivity index (χ3v) is 1.96. The number of nitrogen functional groups attached to an aromatic ring is 1. The fraction of sp³-hybridized carbons (Fsp3) is 0.143. The van der Waals surface area contributed by atoms with Crippen molar-refractivity contribution in [2.75, 3.05) is 5.73 Å². The molecule has 0 aliphatic rings. The second kappa shape index (κ2) is 3.21. The number of hydrogen-bond acceptors (Lipinski definition) is 2. The van der Waals surface area contributed by atoms with Crippen molar-refractivity contribution in [3.63, 3.8) is 0 Å². The molecule has 10 heavy (non-hydrogen) atoms. The van der Waals surface area contributed by atoms with Gasteiger partial charge in [-0.3, -0.25) is 0 Å². The molecule has 1 aromatic carbocycles. The van der Waals surface area contributed by atoms with E-state index in [1.165, 1.54) is 0 Å². The van der Waals surface area contributed by atoms with E-state index in [0.717, 1.165) is 11.3 Å². The molecule has 54 valence electrons. The molecule has 1 unspecified atom stereocenters. The maximum absolute atomic E-state index is 5.64. The van der Waals surface area contributed by atoms with Crippen LogP contribution in [0.5, 0.6) is 0 Å². The van der Waals surface area contributed by atoms with Gasteiger partial charge in [0.05, 0.1) is 4.05 Å². The topological polar surface area (TPSA) is 52.0 Å². The average molecular weight is 248 g/mol. The number of alkyl halides is 1. The summed E-state index contributed by atoms with van der Waals surface area (Å²) in [6, 6.07) is 7.63. The summed E-state index contributed by atoms with van der Waals surface area (Å²) in [7, 11) is 0. The zero-order chi connectivity index (χ0) is 7.56. The van der Waals surface area contributed by atoms with Gasteiger partial charge in [-0.05, 0) is 6.07 Å². The molecule has 0 amide bonds. The second-order valence-electron chi connectivity index (χ2n) is 2.03. The third kappa shape index (κ3) is 1.60. The highest BCUT2D eigenvalue weighted by atomic mass is 127. The van der Waals surface area contributed by atoms with Crippen LogP contribution in [-0.2, 0) is 0 Å². The van der Waals surface area contributed by atoms with Gasteiger partial charge in [-0.25, -0.2) is 0 Å². The summed E-state index contributed by atoms with van der Waals surface area (Å²) < 4.78 is -0.00111. The van der Waals surface area contributed by atoms with Crippen molar-refractivity contribution in [3.05, 3.63) is 29.8 Å². The lowest BCUT2D eigenvalue weighted by molar-refractivity contribution is 1.08. The Labute approximate surface area is 73.7 Å². The zero-order valence-corrected chi connectivity index (χ0v) is 7.58. The second-order valence-corrected chi connectivity index (χ2v) is 3.37. The first-order valence-electron chi connectivity index (χ1n) is 2.96. The Morgan fingerprint density at radius 3 is 2.30 bits per heavy atom. The SMILES string of the molecule is Nc1ccccc1C(N)I. The smallest absolute Gasteiger partial charge is 0.0844 e. The summed E-state index contributed by atoms with van der Waals surface area (Å²) in [6.07, 6.45) is 0. The molecule has 1 aromatic rings. The molecular formula is C7H9IN2. The van der Waals surface area contributed by atoms with Crippen molar-refractivity contribution in [2.24, 2.45) is 5.73 Å². The summed E-state index contributed by atoms with van der Waals surface area (Å²) in [5.74, 6) is 0. The minimum absolute atomic E-state index is 0.00111. The molecule has 0 bridgehead atoms. The first kappa shape index (κ1) is 7.81. The Bertz CT molecular complexity index is 223. The summed E-state index contributed by atoms with van der Waals surface area (Å²) in [4.78, 5) is 0. The van der Waals surface area contributed by atoms with E-state index in [1.807, 2.05) is 24.3 Å². The first-order chi connectivity index (χ1) is 4.72. The van der Waals surface area contributed by atoms with Gasteiger partial charge in [-0.15, -0.1) is 0 Å². The van der Waals surface area contributed by atoms with Crippen LogP contribution in [0.15, 0.2) is 24.3 Å². The molecule has 0 aromatic heterocycles. The average Bonchev–Trinajstić information content (AvgIpc) is 1.88. The standard InChI is InChI=1S/C7H9IN2/c8-7(10)5-3-1-2-4-6(5)9/h1-4,7H,9-10H2. The van der Waals surface area contributed by atoms with Crippen LogP contribution in [0.25, 0.3) is 0 Å². The van der Waals surface area contributed by atoms with E-state index in [2.05, 4.69) is 22.6 Å². The fourth-order valence-corrected chi connectivity index (χ4v) is 1.33. The number of halogens is 1. The third-order valence-electron chi connectivity index (χ3n) is 1.29. The van der Waals surface area contributed by atoms with Crippen molar-refractivity contribution >= 4 is 28.3 Å². The van der Waals surface area contributed by atoms with Gasteiger partial charge in [0.2, 0.25) is 0 Å². The van der Waals surface area contributed by atoms with Gasteiger partial charge in [0.1, 0.15) is 0 Å². The molecule has 2 nitrogen and oxygen atoms in total. The van der Waals surface area contributed by atoms with Gasteiger partial charge in [-0.2, -0.15) is 0 Å². The minimum Gasteiger partial charge on any atom is -0.398 e. The highest BCUT2D eigenvalue weighted by Crippen LogP contribution is 2.22. The maximum atomic E-state index is 5.64. The van der Waals surface area contributed by atoms with Crippen LogP contribution in [0, 0.1) is 0 Å². The van der Waals surface area contributed by atoms with Crippen LogP contribution in [-0.4, -0.2) is 0 Å². The Morgan fingerprint density at radius 1 is 1.30 bits per heavy atom. The molecule has 0 fully saturated rings. The molecule has 0 heterocycles. The normalized spacial score (nSPS) is 13.0. The molecular weight excluding hydrogens is 239 g/mol. The molecule has 0 aliphatic heterocycles. The van der Waals surface area contributed by atoms with Crippen LogP contribution in [0.4, 0.5) is 5.69 Å². The summed E-state index contributed by atoms with van der Waals surface area (Å²) in [5, 5.41) is 0. The van der Waals surface area contributed by atoms with E-state index in [9.17, 15) is 0 Å².